The zero-order valence-electron chi connectivity index (χ0n) is 18.9. The lowest BCUT2D eigenvalue weighted by Gasteiger charge is -2.20. The fraction of sp³-hybridized carbons (Fsp3) is 0.375. The maximum absolute atomic E-state index is 13.0. The lowest BCUT2D eigenvalue weighted by atomic mass is 10.1. The quantitative estimate of drug-likeness (QED) is 0.490. The van der Waals surface area contributed by atoms with E-state index in [1.54, 1.807) is 44.4 Å². The van der Waals surface area contributed by atoms with Gasteiger partial charge < -0.3 is 19.5 Å². The SMILES string of the molecule is CCCn1c(C)cc(/C=C(\C#N)C(=O)N(CC)CC(=O)Nc2cccc(OC)c2)c1C. The Kier molecular flexibility index (Phi) is 8.44. The Morgan fingerprint density at radius 3 is 2.61 bits per heavy atom. The van der Waals surface area contributed by atoms with Gasteiger partial charge in [0.1, 0.15) is 23.9 Å². The molecule has 1 aromatic heterocycles. The molecule has 7 heteroatoms. The summed E-state index contributed by atoms with van der Waals surface area (Å²) < 4.78 is 7.32. The highest BCUT2D eigenvalue weighted by Crippen LogP contribution is 2.20. The van der Waals surface area contributed by atoms with Crippen LogP contribution < -0.4 is 10.1 Å². The highest BCUT2D eigenvalue weighted by Gasteiger charge is 2.20. The van der Waals surface area contributed by atoms with Crippen molar-refractivity contribution in [1.29, 1.82) is 5.26 Å². The van der Waals surface area contributed by atoms with E-state index >= 15 is 0 Å². The highest BCUT2D eigenvalue weighted by atomic mass is 16.5. The molecular formula is C24H30N4O3. The molecule has 0 aliphatic heterocycles. The second kappa shape index (κ2) is 11.0. The van der Waals surface area contributed by atoms with Gasteiger partial charge in [-0.05, 0) is 57.0 Å². The summed E-state index contributed by atoms with van der Waals surface area (Å²) in [4.78, 5) is 26.8. The summed E-state index contributed by atoms with van der Waals surface area (Å²) in [5.41, 5.74) is 3.52. The molecule has 0 bridgehead atoms. The minimum atomic E-state index is -0.467. The number of carbonyl (C=O) groups excluding carboxylic acids is 2. The summed E-state index contributed by atoms with van der Waals surface area (Å²) in [5, 5.41) is 12.4. The number of hydrogen-bond acceptors (Lipinski definition) is 4. The Labute approximate surface area is 183 Å². The summed E-state index contributed by atoms with van der Waals surface area (Å²) in [6.45, 7) is 8.90. The zero-order valence-corrected chi connectivity index (χ0v) is 18.9. The largest absolute Gasteiger partial charge is 0.497 e. The van der Waals surface area contributed by atoms with Crippen LogP contribution in [0.1, 0.15) is 37.2 Å². The summed E-state index contributed by atoms with van der Waals surface area (Å²) in [6, 6.07) is 11.0. The van der Waals surface area contributed by atoms with Crippen molar-refractivity contribution in [3.8, 4) is 11.8 Å². The molecule has 2 aromatic rings. The van der Waals surface area contributed by atoms with Crippen molar-refractivity contribution in [2.24, 2.45) is 0 Å². The molecule has 7 nitrogen and oxygen atoms in total. The summed E-state index contributed by atoms with van der Waals surface area (Å²) in [5.74, 6) is -0.190. The summed E-state index contributed by atoms with van der Waals surface area (Å²) in [6.07, 6.45) is 2.61. The molecule has 2 rings (SSSR count). The lowest BCUT2D eigenvalue weighted by molar-refractivity contribution is -0.130. The van der Waals surface area contributed by atoms with Gasteiger partial charge in [-0.15, -0.1) is 0 Å². The average Bonchev–Trinajstić information content (AvgIpc) is 3.03. The van der Waals surface area contributed by atoms with Crippen molar-refractivity contribution in [3.63, 3.8) is 0 Å². The normalized spacial score (nSPS) is 11.0. The fourth-order valence-electron chi connectivity index (χ4n) is 3.41. The van der Waals surface area contributed by atoms with E-state index in [4.69, 9.17) is 4.74 Å². The number of nitriles is 1. The van der Waals surface area contributed by atoms with Crippen LogP contribution in [0.3, 0.4) is 0 Å². The fourth-order valence-corrected chi connectivity index (χ4v) is 3.41. The number of aryl methyl sites for hydroxylation is 1. The van der Waals surface area contributed by atoms with E-state index in [-0.39, 0.29) is 18.0 Å². The van der Waals surface area contributed by atoms with E-state index in [0.717, 1.165) is 29.9 Å². The van der Waals surface area contributed by atoms with Crippen LogP contribution in [0, 0.1) is 25.2 Å². The molecule has 31 heavy (non-hydrogen) atoms. The van der Waals surface area contributed by atoms with Crippen molar-refractivity contribution in [3.05, 3.63) is 52.9 Å². The van der Waals surface area contributed by atoms with Crippen LogP contribution in [0.2, 0.25) is 0 Å². The number of hydrogen-bond donors (Lipinski definition) is 1. The number of ether oxygens (including phenoxy) is 1. The molecule has 0 saturated carbocycles. The molecule has 2 amide bonds. The number of carbonyl (C=O) groups is 2. The van der Waals surface area contributed by atoms with Crippen LogP contribution >= 0.6 is 0 Å². The number of benzene rings is 1. The Hall–Kier alpha value is -3.53. The van der Waals surface area contributed by atoms with Crippen molar-refractivity contribution < 1.29 is 14.3 Å². The van der Waals surface area contributed by atoms with Gasteiger partial charge in [0.15, 0.2) is 0 Å². The molecule has 0 spiro atoms. The van der Waals surface area contributed by atoms with Gasteiger partial charge in [0.25, 0.3) is 5.91 Å². The average molecular weight is 423 g/mol. The molecule has 164 valence electrons. The van der Waals surface area contributed by atoms with Crippen LogP contribution in [0.4, 0.5) is 5.69 Å². The van der Waals surface area contributed by atoms with Gasteiger partial charge in [0.05, 0.1) is 7.11 Å². The summed E-state index contributed by atoms with van der Waals surface area (Å²) >= 11 is 0. The van der Waals surface area contributed by atoms with E-state index in [9.17, 15) is 14.9 Å². The Morgan fingerprint density at radius 1 is 1.26 bits per heavy atom. The zero-order chi connectivity index (χ0) is 23.0. The monoisotopic (exact) mass is 422 g/mol. The molecule has 1 N–H and O–H groups in total. The van der Waals surface area contributed by atoms with Crippen LogP contribution in [0.25, 0.3) is 6.08 Å². The topological polar surface area (TPSA) is 87.4 Å². The first-order valence-corrected chi connectivity index (χ1v) is 10.4. The molecule has 0 fully saturated rings. The van der Waals surface area contributed by atoms with Gasteiger partial charge in [-0.1, -0.05) is 13.0 Å². The molecule has 1 heterocycles. The van der Waals surface area contributed by atoms with Gasteiger partial charge in [0.2, 0.25) is 5.91 Å². The molecule has 0 aliphatic carbocycles. The Balaban J connectivity index is 2.17. The van der Waals surface area contributed by atoms with Gasteiger partial charge >= 0.3 is 0 Å². The first-order chi connectivity index (χ1) is 14.8. The Morgan fingerprint density at radius 2 is 2.00 bits per heavy atom. The third-order valence-electron chi connectivity index (χ3n) is 5.07. The van der Waals surface area contributed by atoms with Crippen molar-refractivity contribution in [1.82, 2.24) is 9.47 Å². The predicted octanol–water partition coefficient (Wildman–Crippen LogP) is 3.92. The lowest BCUT2D eigenvalue weighted by Crippen LogP contribution is -2.38. The number of anilines is 1. The van der Waals surface area contributed by atoms with Crippen molar-refractivity contribution in [2.45, 2.75) is 40.7 Å². The number of methoxy groups -OCH3 is 1. The molecule has 1 aromatic carbocycles. The number of amides is 2. The number of aromatic nitrogens is 1. The molecule has 0 saturated heterocycles. The molecule has 0 radical (unpaired) electrons. The standard InChI is InChI=1S/C24H30N4O3/c1-6-11-28-17(3)12-19(18(28)4)13-20(15-25)24(30)27(7-2)16-23(29)26-21-9-8-10-22(14-21)31-5/h8-10,12-14H,6-7,11,16H2,1-5H3,(H,26,29)/b20-13+. The van der Waals surface area contributed by atoms with Gasteiger partial charge in [-0.2, -0.15) is 5.26 Å². The van der Waals surface area contributed by atoms with Crippen LogP contribution in [0.15, 0.2) is 35.9 Å². The highest BCUT2D eigenvalue weighted by molar-refractivity contribution is 6.04. The number of nitrogens with zero attached hydrogens (tertiary/aromatic N) is 3. The minimum absolute atomic E-state index is 0.00720. The second-order valence-corrected chi connectivity index (χ2v) is 7.25. The number of likely N-dealkylation sites (N-methyl/N-ethyl adjacent to an activating group) is 1. The van der Waals surface area contributed by atoms with Crippen LogP contribution in [-0.4, -0.2) is 41.5 Å². The summed E-state index contributed by atoms with van der Waals surface area (Å²) in [7, 11) is 1.55. The minimum Gasteiger partial charge on any atom is -0.497 e. The predicted molar refractivity (Wildman–Crippen MR) is 122 cm³/mol. The smallest absolute Gasteiger partial charge is 0.264 e. The number of rotatable bonds is 9. The molecule has 0 atom stereocenters. The molecule has 0 aliphatic rings. The first-order valence-electron chi connectivity index (χ1n) is 10.4. The number of nitrogens with one attached hydrogen (secondary N) is 1. The van der Waals surface area contributed by atoms with Gasteiger partial charge in [0, 0.05) is 36.2 Å². The van der Waals surface area contributed by atoms with Crippen LogP contribution in [0.5, 0.6) is 5.75 Å². The first kappa shape index (κ1) is 23.7. The third kappa shape index (κ3) is 5.98. The maximum atomic E-state index is 13.0. The van der Waals surface area contributed by atoms with E-state index in [0.29, 0.717) is 18.0 Å². The van der Waals surface area contributed by atoms with E-state index in [2.05, 4.69) is 16.8 Å². The van der Waals surface area contributed by atoms with Crippen molar-refractivity contribution >= 4 is 23.6 Å². The molecular weight excluding hydrogens is 392 g/mol. The Bertz CT molecular complexity index is 1010. The van der Waals surface area contributed by atoms with E-state index < -0.39 is 5.91 Å². The van der Waals surface area contributed by atoms with E-state index in [1.807, 2.05) is 26.0 Å². The van der Waals surface area contributed by atoms with Crippen LogP contribution in [-0.2, 0) is 16.1 Å². The van der Waals surface area contributed by atoms with Crippen molar-refractivity contribution in [2.75, 3.05) is 25.5 Å². The third-order valence-corrected chi connectivity index (χ3v) is 5.07. The molecule has 0 unspecified atom stereocenters. The van der Waals surface area contributed by atoms with Gasteiger partial charge in [-0.25, -0.2) is 0 Å². The van der Waals surface area contributed by atoms with Gasteiger partial charge in [-0.3, -0.25) is 9.59 Å². The van der Waals surface area contributed by atoms with E-state index in [1.165, 1.54) is 4.90 Å². The second-order valence-electron chi connectivity index (χ2n) is 7.25. The maximum Gasteiger partial charge on any atom is 0.264 e.